The number of hydrogen-bond donors (Lipinski definition) is 0. The first-order valence-electron chi connectivity index (χ1n) is 24.2. The van der Waals surface area contributed by atoms with Crippen LogP contribution < -0.4 is 0 Å². The molecule has 0 bridgehead atoms. The lowest BCUT2D eigenvalue weighted by atomic mass is 10.1. The smallest absolute Gasteiger partial charge is 0.306 e. The van der Waals surface area contributed by atoms with E-state index in [1.807, 2.05) is 0 Å². The first-order valence-corrected chi connectivity index (χ1v) is 24.2. The minimum Gasteiger partial charge on any atom is -0.462 e. The van der Waals surface area contributed by atoms with Crippen LogP contribution in [-0.4, -0.2) is 37.9 Å². The molecule has 0 saturated heterocycles. The zero-order valence-electron chi connectivity index (χ0n) is 37.4. The third-order valence-electron chi connectivity index (χ3n) is 10.3. The van der Waals surface area contributed by atoms with Gasteiger partial charge in [-0.25, -0.2) is 0 Å². The molecule has 0 saturated carbocycles. The van der Waals surface area contributed by atoms with Crippen molar-refractivity contribution in [1.29, 1.82) is 0 Å². The molecule has 0 rings (SSSR count). The van der Waals surface area contributed by atoms with Crippen molar-refractivity contribution in [2.75, 3.05) is 19.8 Å². The zero-order valence-corrected chi connectivity index (χ0v) is 37.4. The molecule has 326 valence electrons. The molecule has 5 nitrogen and oxygen atoms in total. The topological polar surface area (TPSA) is 61.8 Å². The van der Waals surface area contributed by atoms with Crippen molar-refractivity contribution in [2.45, 2.75) is 245 Å². The Labute approximate surface area is 348 Å². The van der Waals surface area contributed by atoms with Crippen LogP contribution in [0.3, 0.4) is 0 Å². The van der Waals surface area contributed by atoms with Crippen LogP contribution in [0.2, 0.25) is 0 Å². The van der Waals surface area contributed by atoms with Crippen molar-refractivity contribution in [3.63, 3.8) is 0 Å². The van der Waals surface area contributed by atoms with E-state index in [-0.39, 0.29) is 25.2 Å². The van der Waals surface area contributed by atoms with Crippen LogP contribution in [0.25, 0.3) is 0 Å². The van der Waals surface area contributed by atoms with Gasteiger partial charge >= 0.3 is 11.9 Å². The van der Waals surface area contributed by atoms with E-state index < -0.39 is 6.10 Å². The fourth-order valence-electron chi connectivity index (χ4n) is 6.75. The van der Waals surface area contributed by atoms with E-state index >= 15 is 0 Å². The van der Waals surface area contributed by atoms with Crippen LogP contribution in [0.15, 0.2) is 48.6 Å². The van der Waals surface area contributed by atoms with Crippen molar-refractivity contribution in [3.05, 3.63) is 48.6 Å². The molecule has 0 radical (unpaired) electrons. The number of carbonyl (C=O) groups is 2. The predicted molar refractivity (Wildman–Crippen MR) is 242 cm³/mol. The molecule has 56 heavy (non-hydrogen) atoms. The normalized spacial score (nSPS) is 12.6. The average Bonchev–Trinajstić information content (AvgIpc) is 3.20. The minimum absolute atomic E-state index is 0.0761. The maximum atomic E-state index is 12.7. The third-order valence-corrected chi connectivity index (χ3v) is 10.3. The van der Waals surface area contributed by atoms with Gasteiger partial charge in [0, 0.05) is 19.4 Å². The maximum absolute atomic E-state index is 12.7. The standard InChI is InChI=1S/C51H92O5/c1-4-7-10-13-16-19-21-23-25-26-27-28-30-33-35-38-41-44-50(52)55-48-49(56-51(53)45-42-39-36-32-18-15-12-9-6-3)47-54-46-43-40-37-34-31-29-24-22-20-17-14-11-8-5-2/h8,11,17,20,23-25,29,49H,4-7,9-10,12-16,18-19,21-22,26-28,30-48H2,1-3H3/b11-8-,20-17-,25-23-,29-24-. The summed E-state index contributed by atoms with van der Waals surface area (Å²) in [5.41, 5.74) is 0. The molecule has 0 heterocycles. The summed E-state index contributed by atoms with van der Waals surface area (Å²) in [7, 11) is 0. The number of ether oxygens (including phenoxy) is 3. The highest BCUT2D eigenvalue weighted by Crippen LogP contribution is 2.14. The van der Waals surface area contributed by atoms with E-state index in [4.69, 9.17) is 14.2 Å². The predicted octanol–water partition coefficient (Wildman–Crippen LogP) is 16.0. The Kier molecular flexibility index (Phi) is 45.4. The zero-order chi connectivity index (χ0) is 40.7. The van der Waals surface area contributed by atoms with Gasteiger partial charge in [0.1, 0.15) is 6.61 Å². The lowest BCUT2D eigenvalue weighted by molar-refractivity contribution is -0.163. The molecule has 0 aromatic heterocycles. The molecule has 0 fully saturated rings. The highest BCUT2D eigenvalue weighted by atomic mass is 16.6. The number of allylic oxidation sites excluding steroid dienone is 8. The molecule has 0 amide bonds. The Hall–Kier alpha value is -2.14. The van der Waals surface area contributed by atoms with Gasteiger partial charge in [-0.2, -0.15) is 0 Å². The van der Waals surface area contributed by atoms with E-state index in [0.717, 1.165) is 64.2 Å². The van der Waals surface area contributed by atoms with E-state index in [1.165, 1.54) is 141 Å². The van der Waals surface area contributed by atoms with Crippen molar-refractivity contribution in [3.8, 4) is 0 Å². The maximum Gasteiger partial charge on any atom is 0.306 e. The van der Waals surface area contributed by atoms with Gasteiger partial charge in [-0.1, -0.05) is 198 Å². The van der Waals surface area contributed by atoms with Crippen LogP contribution in [0.1, 0.15) is 239 Å². The Balaban J connectivity index is 4.21. The molecule has 5 heteroatoms. The van der Waals surface area contributed by atoms with Crippen LogP contribution in [-0.2, 0) is 23.8 Å². The molecule has 0 aromatic carbocycles. The monoisotopic (exact) mass is 785 g/mol. The van der Waals surface area contributed by atoms with Gasteiger partial charge in [0.2, 0.25) is 0 Å². The van der Waals surface area contributed by atoms with Gasteiger partial charge in [0.15, 0.2) is 6.10 Å². The van der Waals surface area contributed by atoms with Crippen molar-refractivity contribution >= 4 is 11.9 Å². The molecular weight excluding hydrogens is 693 g/mol. The first kappa shape index (κ1) is 53.9. The Morgan fingerprint density at radius 3 is 1.30 bits per heavy atom. The molecule has 1 unspecified atom stereocenters. The Morgan fingerprint density at radius 2 is 0.804 bits per heavy atom. The first-order chi connectivity index (χ1) is 27.6. The lowest BCUT2D eigenvalue weighted by Gasteiger charge is -2.18. The van der Waals surface area contributed by atoms with Gasteiger partial charge in [0.05, 0.1) is 6.61 Å². The summed E-state index contributed by atoms with van der Waals surface area (Å²) in [6, 6.07) is 0. The number of hydrogen-bond acceptors (Lipinski definition) is 5. The molecule has 0 spiro atoms. The molecule has 0 aliphatic heterocycles. The summed E-state index contributed by atoms with van der Waals surface area (Å²) in [5, 5.41) is 0. The number of esters is 2. The van der Waals surface area contributed by atoms with Crippen LogP contribution in [0.5, 0.6) is 0 Å². The SMILES string of the molecule is CC/C=C\C/C=C\C/C=C\CCCCCCOCC(COC(=O)CCCCCCCCC/C=C\CCCCCCCC)OC(=O)CCCCCCCCCCC. The van der Waals surface area contributed by atoms with Crippen LogP contribution >= 0.6 is 0 Å². The van der Waals surface area contributed by atoms with Crippen LogP contribution in [0.4, 0.5) is 0 Å². The van der Waals surface area contributed by atoms with E-state index in [2.05, 4.69) is 69.4 Å². The summed E-state index contributed by atoms with van der Waals surface area (Å²) in [4.78, 5) is 25.2. The van der Waals surface area contributed by atoms with E-state index in [9.17, 15) is 9.59 Å². The molecule has 0 aliphatic rings. The average molecular weight is 785 g/mol. The second-order valence-electron chi connectivity index (χ2n) is 16.0. The second kappa shape index (κ2) is 47.2. The fraction of sp³-hybridized carbons (Fsp3) is 0.804. The van der Waals surface area contributed by atoms with Gasteiger partial charge in [-0.3, -0.25) is 9.59 Å². The summed E-state index contributed by atoms with van der Waals surface area (Å²) in [6.07, 6.45) is 56.9. The number of carbonyl (C=O) groups excluding carboxylic acids is 2. The van der Waals surface area contributed by atoms with Crippen molar-refractivity contribution < 1.29 is 23.8 Å². The quantitative estimate of drug-likeness (QED) is 0.0350. The summed E-state index contributed by atoms with van der Waals surface area (Å²) < 4.78 is 17.3. The van der Waals surface area contributed by atoms with Gasteiger partial charge < -0.3 is 14.2 Å². The van der Waals surface area contributed by atoms with Crippen molar-refractivity contribution in [2.24, 2.45) is 0 Å². The highest BCUT2D eigenvalue weighted by molar-refractivity contribution is 5.70. The molecular formula is C51H92O5. The number of rotatable bonds is 44. The van der Waals surface area contributed by atoms with Crippen molar-refractivity contribution in [1.82, 2.24) is 0 Å². The highest BCUT2D eigenvalue weighted by Gasteiger charge is 2.17. The van der Waals surface area contributed by atoms with E-state index in [0.29, 0.717) is 19.4 Å². The number of unbranched alkanes of at least 4 members (excludes halogenated alkanes) is 25. The Bertz CT molecular complexity index is 935. The largest absolute Gasteiger partial charge is 0.462 e. The molecule has 0 aromatic rings. The van der Waals surface area contributed by atoms with Gasteiger partial charge in [0.25, 0.3) is 0 Å². The Morgan fingerprint density at radius 1 is 0.411 bits per heavy atom. The summed E-state index contributed by atoms with van der Waals surface area (Å²) in [6.45, 7) is 7.66. The minimum atomic E-state index is -0.544. The van der Waals surface area contributed by atoms with E-state index in [1.54, 1.807) is 0 Å². The fourth-order valence-corrected chi connectivity index (χ4v) is 6.75. The summed E-state index contributed by atoms with van der Waals surface area (Å²) >= 11 is 0. The molecule has 1 atom stereocenters. The second-order valence-corrected chi connectivity index (χ2v) is 16.0. The van der Waals surface area contributed by atoms with Gasteiger partial charge in [-0.15, -0.1) is 0 Å². The molecule has 0 aliphatic carbocycles. The lowest BCUT2D eigenvalue weighted by Crippen LogP contribution is -2.30. The third kappa shape index (κ3) is 44.6. The summed E-state index contributed by atoms with van der Waals surface area (Å²) in [5.74, 6) is -0.411. The van der Waals surface area contributed by atoms with Gasteiger partial charge in [-0.05, 0) is 77.0 Å². The van der Waals surface area contributed by atoms with Crippen LogP contribution in [0, 0.1) is 0 Å². The molecule has 0 N–H and O–H groups in total.